The van der Waals surface area contributed by atoms with Gasteiger partial charge in [-0.05, 0) is 18.6 Å². The van der Waals surface area contributed by atoms with Crippen molar-refractivity contribution in [1.82, 2.24) is 0 Å². The molecule has 0 aliphatic heterocycles. The van der Waals surface area contributed by atoms with Crippen LogP contribution in [0.4, 0.5) is 0 Å². The molecule has 0 bridgehead atoms. The molecule has 3 rings (SSSR count). The van der Waals surface area contributed by atoms with Gasteiger partial charge in [-0.1, -0.05) is 37.3 Å². The molecule has 0 radical (unpaired) electrons. The van der Waals surface area contributed by atoms with Crippen molar-refractivity contribution in [2.24, 2.45) is 0 Å². The Balaban J connectivity index is 2.20. The molecule has 0 unspecified atom stereocenters. The van der Waals surface area contributed by atoms with Gasteiger partial charge in [0.15, 0.2) is 6.61 Å². The van der Waals surface area contributed by atoms with Crippen LogP contribution in [0.25, 0.3) is 22.3 Å². The average molecular weight is 354 g/mol. The van der Waals surface area contributed by atoms with Gasteiger partial charge in [0, 0.05) is 16.5 Å². The Bertz CT molecular complexity index is 955. The number of carboxylic acids is 1. The summed E-state index contributed by atoms with van der Waals surface area (Å²) in [5.74, 6) is -0.855. The zero-order chi connectivity index (χ0) is 18.7. The fourth-order valence-corrected chi connectivity index (χ4v) is 2.92. The van der Waals surface area contributed by atoms with Crippen LogP contribution in [0.3, 0.4) is 0 Å². The minimum Gasteiger partial charge on any atom is -0.482 e. The maximum Gasteiger partial charge on any atom is 0.343 e. The van der Waals surface area contributed by atoms with Crippen LogP contribution in [0.15, 0.2) is 46.9 Å². The minimum atomic E-state index is -1.08. The Morgan fingerprint density at radius 1 is 1.12 bits per heavy atom. The van der Waals surface area contributed by atoms with Crippen molar-refractivity contribution in [2.75, 3.05) is 13.7 Å². The molecule has 0 fully saturated rings. The van der Waals surface area contributed by atoms with Gasteiger partial charge in [-0.3, -0.25) is 0 Å². The molecular weight excluding hydrogens is 336 g/mol. The highest BCUT2D eigenvalue weighted by atomic mass is 16.6. The summed E-state index contributed by atoms with van der Waals surface area (Å²) in [6.07, 6.45) is 0.516. The van der Waals surface area contributed by atoms with E-state index in [1.165, 1.54) is 7.11 Å². The molecule has 0 aliphatic carbocycles. The van der Waals surface area contributed by atoms with Crippen molar-refractivity contribution in [3.63, 3.8) is 0 Å². The van der Waals surface area contributed by atoms with Crippen LogP contribution in [0.2, 0.25) is 0 Å². The fourth-order valence-electron chi connectivity index (χ4n) is 2.92. The Kier molecular flexibility index (Phi) is 4.93. The number of hydrogen-bond acceptors (Lipinski definition) is 5. The lowest BCUT2D eigenvalue weighted by Crippen LogP contribution is -2.13. The summed E-state index contributed by atoms with van der Waals surface area (Å²) in [4.78, 5) is 23.3. The highest BCUT2D eigenvalue weighted by molar-refractivity contribution is 6.09. The van der Waals surface area contributed by atoms with Crippen molar-refractivity contribution >= 4 is 22.9 Å². The molecule has 2 aromatic carbocycles. The SMILES string of the molecule is CCc1c(OCC(=O)OC)ccc2oc(-c3ccccc3)c(C(=O)O)c12. The molecule has 1 aromatic heterocycles. The summed E-state index contributed by atoms with van der Waals surface area (Å²) in [6.45, 7) is 1.64. The highest BCUT2D eigenvalue weighted by Gasteiger charge is 2.25. The molecule has 3 aromatic rings. The number of carboxylic acid groups (broad SMARTS) is 1. The Hall–Kier alpha value is -3.28. The first-order valence-electron chi connectivity index (χ1n) is 8.13. The molecule has 0 atom stereocenters. The van der Waals surface area contributed by atoms with Gasteiger partial charge in [-0.15, -0.1) is 0 Å². The van der Waals surface area contributed by atoms with Crippen LogP contribution in [0, 0.1) is 0 Å². The lowest BCUT2D eigenvalue weighted by atomic mass is 9.99. The number of hydrogen-bond donors (Lipinski definition) is 1. The smallest absolute Gasteiger partial charge is 0.343 e. The lowest BCUT2D eigenvalue weighted by Gasteiger charge is -2.10. The first-order valence-corrected chi connectivity index (χ1v) is 8.13. The third-order valence-electron chi connectivity index (χ3n) is 4.10. The molecule has 1 heterocycles. The zero-order valence-electron chi connectivity index (χ0n) is 14.4. The largest absolute Gasteiger partial charge is 0.482 e. The summed E-state index contributed by atoms with van der Waals surface area (Å²) in [7, 11) is 1.28. The number of methoxy groups -OCH3 is 1. The van der Waals surface area contributed by atoms with E-state index in [0.717, 1.165) is 0 Å². The Morgan fingerprint density at radius 2 is 1.85 bits per heavy atom. The molecular formula is C20H18O6. The second-order valence-corrected chi connectivity index (χ2v) is 5.61. The maximum absolute atomic E-state index is 12.0. The van der Waals surface area contributed by atoms with Gasteiger partial charge >= 0.3 is 11.9 Å². The van der Waals surface area contributed by atoms with Crippen LogP contribution in [-0.4, -0.2) is 30.8 Å². The monoisotopic (exact) mass is 354 g/mol. The van der Waals surface area contributed by atoms with Gasteiger partial charge < -0.3 is 19.0 Å². The number of fused-ring (bicyclic) bond motifs is 1. The van der Waals surface area contributed by atoms with Crippen molar-refractivity contribution in [2.45, 2.75) is 13.3 Å². The lowest BCUT2D eigenvalue weighted by molar-refractivity contribution is -0.142. The van der Waals surface area contributed by atoms with Crippen LogP contribution in [-0.2, 0) is 16.0 Å². The van der Waals surface area contributed by atoms with Crippen LogP contribution >= 0.6 is 0 Å². The second kappa shape index (κ2) is 7.31. The molecule has 0 saturated carbocycles. The van der Waals surface area contributed by atoms with Crippen LogP contribution < -0.4 is 4.74 Å². The van der Waals surface area contributed by atoms with Crippen molar-refractivity contribution in [3.8, 4) is 17.1 Å². The molecule has 26 heavy (non-hydrogen) atoms. The summed E-state index contributed by atoms with van der Waals surface area (Å²) in [5, 5.41) is 10.3. The van der Waals surface area contributed by atoms with Gasteiger partial charge in [-0.25, -0.2) is 9.59 Å². The van der Waals surface area contributed by atoms with Crippen molar-refractivity contribution < 1.29 is 28.6 Å². The molecule has 0 saturated heterocycles. The first kappa shape index (κ1) is 17.5. The van der Waals surface area contributed by atoms with Gasteiger partial charge in [0.2, 0.25) is 0 Å². The fraction of sp³-hybridized carbons (Fsp3) is 0.200. The standard InChI is InChI=1S/C20H18O6/c1-3-13-14(25-11-16(21)24-2)9-10-15-17(13)18(20(22)23)19(26-15)12-7-5-4-6-8-12/h4-10H,3,11H2,1-2H3,(H,22,23). The van der Waals surface area contributed by atoms with Crippen molar-refractivity contribution in [1.29, 1.82) is 0 Å². The van der Waals surface area contributed by atoms with Gasteiger partial charge in [0.25, 0.3) is 0 Å². The van der Waals surface area contributed by atoms with E-state index in [-0.39, 0.29) is 12.2 Å². The zero-order valence-corrected chi connectivity index (χ0v) is 14.4. The predicted molar refractivity (Wildman–Crippen MR) is 95.5 cm³/mol. The third kappa shape index (κ3) is 3.13. The van der Waals surface area contributed by atoms with Crippen LogP contribution in [0.5, 0.6) is 5.75 Å². The molecule has 0 amide bonds. The van der Waals surface area contributed by atoms with E-state index in [1.54, 1.807) is 24.3 Å². The molecule has 0 spiro atoms. The van der Waals surface area contributed by atoms with Gasteiger partial charge in [0.1, 0.15) is 22.7 Å². The van der Waals surface area contributed by atoms with E-state index < -0.39 is 11.9 Å². The number of carbonyl (C=O) groups excluding carboxylic acids is 1. The first-order chi connectivity index (χ1) is 12.6. The van der Waals surface area contributed by atoms with Crippen LogP contribution in [0.1, 0.15) is 22.8 Å². The van der Waals surface area contributed by atoms with E-state index in [9.17, 15) is 14.7 Å². The summed E-state index contributed by atoms with van der Waals surface area (Å²) in [5.41, 5.74) is 1.91. The minimum absolute atomic E-state index is 0.0894. The molecule has 134 valence electrons. The average Bonchev–Trinajstić information content (AvgIpc) is 3.06. The van der Waals surface area contributed by atoms with Crippen molar-refractivity contribution in [3.05, 3.63) is 53.6 Å². The number of ether oxygens (including phenoxy) is 2. The van der Waals surface area contributed by atoms with E-state index in [2.05, 4.69) is 4.74 Å². The maximum atomic E-state index is 12.0. The summed E-state index contributed by atoms with van der Waals surface area (Å²) in [6, 6.07) is 12.4. The third-order valence-corrected chi connectivity index (χ3v) is 4.10. The number of benzene rings is 2. The normalized spacial score (nSPS) is 10.7. The van der Waals surface area contributed by atoms with Gasteiger partial charge in [-0.2, -0.15) is 0 Å². The molecule has 6 nitrogen and oxygen atoms in total. The van der Waals surface area contributed by atoms with E-state index in [1.807, 2.05) is 25.1 Å². The number of aryl methyl sites for hydroxylation is 1. The summed E-state index contributed by atoms with van der Waals surface area (Å²) >= 11 is 0. The number of esters is 1. The molecule has 0 aliphatic rings. The number of furan rings is 1. The van der Waals surface area contributed by atoms with Gasteiger partial charge in [0.05, 0.1) is 7.11 Å². The highest BCUT2D eigenvalue weighted by Crippen LogP contribution is 2.39. The summed E-state index contributed by atoms with van der Waals surface area (Å²) < 4.78 is 16.0. The molecule has 6 heteroatoms. The number of aromatic carboxylic acids is 1. The molecule has 1 N–H and O–H groups in total. The Labute approximate surface area is 149 Å². The van der Waals surface area contributed by atoms with E-state index >= 15 is 0 Å². The predicted octanol–water partition coefficient (Wildman–Crippen LogP) is 3.91. The van der Waals surface area contributed by atoms with E-state index in [0.29, 0.717) is 40.0 Å². The second-order valence-electron chi connectivity index (χ2n) is 5.61. The number of rotatable bonds is 6. The van der Waals surface area contributed by atoms with E-state index in [4.69, 9.17) is 9.15 Å². The topological polar surface area (TPSA) is 86.0 Å². The quantitative estimate of drug-likeness (QED) is 0.676. The number of carbonyl (C=O) groups is 2. The Morgan fingerprint density at radius 3 is 2.46 bits per heavy atom.